The van der Waals surface area contributed by atoms with E-state index >= 15 is 0 Å². The summed E-state index contributed by atoms with van der Waals surface area (Å²) in [5.41, 5.74) is 0.288. The van der Waals surface area contributed by atoms with Gasteiger partial charge in [0.25, 0.3) is 0 Å². The van der Waals surface area contributed by atoms with Crippen LogP contribution in [-0.2, 0) is 9.53 Å². The van der Waals surface area contributed by atoms with Gasteiger partial charge in [0.05, 0.1) is 25.7 Å². The molecule has 1 aromatic carbocycles. The van der Waals surface area contributed by atoms with Crippen LogP contribution in [0, 0.1) is 6.92 Å². The van der Waals surface area contributed by atoms with E-state index < -0.39 is 23.6 Å². The number of rotatable bonds is 3. The third kappa shape index (κ3) is 2.37. The molecule has 8 nitrogen and oxygen atoms in total. The lowest BCUT2D eigenvalue weighted by Crippen LogP contribution is -2.31. The van der Waals surface area contributed by atoms with Crippen LogP contribution in [0.3, 0.4) is 0 Å². The maximum absolute atomic E-state index is 12.5. The number of hydrogen-bond acceptors (Lipinski definition) is 8. The van der Waals surface area contributed by atoms with Crippen molar-refractivity contribution in [3.05, 3.63) is 45.5 Å². The zero-order valence-corrected chi connectivity index (χ0v) is 14.4. The van der Waals surface area contributed by atoms with Crippen LogP contribution in [0.25, 0.3) is 0 Å². The lowest BCUT2D eigenvalue weighted by atomic mass is 9.88. The highest BCUT2D eigenvalue weighted by Crippen LogP contribution is 2.48. The van der Waals surface area contributed by atoms with Gasteiger partial charge < -0.3 is 28.1 Å². The second kappa shape index (κ2) is 5.98. The zero-order chi connectivity index (χ0) is 18.4. The molecule has 136 valence electrons. The molecule has 0 saturated carbocycles. The number of benzene rings is 1. The summed E-state index contributed by atoms with van der Waals surface area (Å²) in [4.78, 5) is 24.8. The van der Waals surface area contributed by atoms with Crippen LogP contribution in [0.1, 0.15) is 22.8 Å². The highest BCUT2D eigenvalue weighted by Gasteiger charge is 2.45. The minimum atomic E-state index is -1.02. The molecule has 0 radical (unpaired) electrons. The van der Waals surface area contributed by atoms with Gasteiger partial charge in [-0.2, -0.15) is 0 Å². The van der Waals surface area contributed by atoms with Crippen LogP contribution in [0.4, 0.5) is 0 Å². The highest BCUT2D eigenvalue weighted by molar-refractivity contribution is 5.79. The van der Waals surface area contributed by atoms with E-state index in [1.165, 1.54) is 14.2 Å². The first-order valence-electron chi connectivity index (χ1n) is 7.90. The van der Waals surface area contributed by atoms with Gasteiger partial charge in [-0.25, -0.2) is 9.59 Å². The molecule has 2 aromatic rings. The first-order valence-corrected chi connectivity index (χ1v) is 7.90. The lowest BCUT2D eigenvalue weighted by molar-refractivity contribution is -0.148. The van der Waals surface area contributed by atoms with Gasteiger partial charge in [-0.3, -0.25) is 0 Å². The average molecular weight is 360 g/mol. The Morgan fingerprint density at radius 2 is 1.96 bits per heavy atom. The normalized spacial score (nSPS) is 19.7. The molecule has 26 heavy (non-hydrogen) atoms. The van der Waals surface area contributed by atoms with Crippen LogP contribution in [-0.4, -0.2) is 33.1 Å². The molecule has 2 atom stereocenters. The molecule has 1 aromatic heterocycles. The summed E-state index contributed by atoms with van der Waals surface area (Å²) in [5.74, 6) is 0.743. The molecule has 0 N–H and O–H groups in total. The molecular formula is C18H16O8. The van der Waals surface area contributed by atoms with Crippen LogP contribution >= 0.6 is 0 Å². The fourth-order valence-corrected chi connectivity index (χ4v) is 3.30. The number of fused-ring (bicyclic) bond motifs is 2. The zero-order valence-electron chi connectivity index (χ0n) is 14.4. The van der Waals surface area contributed by atoms with E-state index in [0.29, 0.717) is 34.3 Å². The van der Waals surface area contributed by atoms with Gasteiger partial charge in [0.2, 0.25) is 18.6 Å². The molecule has 0 saturated heterocycles. The van der Waals surface area contributed by atoms with Crippen LogP contribution in [0.5, 0.6) is 23.0 Å². The molecule has 2 aliphatic heterocycles. The van der Waals surface area contributed by atoms with Crippen molar-refractivity contribution in [1.82, 2.24) is 0 Å². The first kappa shape index (κ1) is 16.3. The number of methoxy groups -OCH3 is 2. The van der Waals surface area contributed by atoms with E-state index in [2.05, 4.69) is 0 Å². The predicted molar refractivity (Wildman–Crippen MR) is 87.1 cm³/mol. The van der Waals surface area contributed by atoms with Gasteiger partial charge in [-0.1, -0.05) is 0 Å². The van der Waals surface area contributed by atoms with Crippen molar-refractivity contribution in [3.63, 3.8) is 0 Å². The van der Waals surface area contributed by atoms with E-state index in [4.69, 9.17) is 28.1 Å². The van der Waals surface area contributed by atoms with Gasteiger partial charge in [0, 0.05) is 6.07 Å². The van der Waals surface area contributed by atoms with Crippen molar-refractivity contribution in [1.29, 1.82) is 0 Å². The Kier molecular flexibility index (Phi) is 3.75. The summed E-state index contributed by atoms with van der Waals surface area (Å²) >= 11 is 0. The summed E-state index contributed by atoms with van der Waals surface area (Å²) < 4.78 is 32.0. The van der Waals surface area contributed by atoms with Crippen LogP contribution < -0.4 is 24.6 Å². The maximum atomic E-state index is 12.5. The van der Waals surface area contributed by atoms with Crippen molar-refractivity contribution in [2.75, 3.05) is 21.0 Å². The molecule has 0 spiro atoms. The molecule has 0 amide bonds. The van der Waals surface area contributed by atoms with E-state index in [1.807, 2.05) is 0 Å². The molecule has 2 aliphatic rings. The Hall–Kier alpha value is -3.16. The van der Waals surface area contributed by atoms with Gasteiger partial charge in [-0.15, -0.1) is 0 Å². The molecule has 8 heteroatoms. The number of esters is 1. The Morgan fingerprint density at radius 1 is 1.15 bits per heavy atom. The first-order chi connectivity index (χ1) is 12.5. The third-order valence-corrected chi connectivity index (χ3v) is 4.41. The van der Waals surface area contributed by atoms with Crippen molar-refractivity contribution in [2.24, 2.45) is 0 Å². The summed E-state index contributed by atoms with van der Waals surface area (Å²) in [5, 5.41) is 0. The van der Waals surface area contributed by atoms with Gasteiger partial charge in [-0.05, 0) is 24.6 Å². The fourth-order valence-electron chi connectivity index (χ4n) is 3.30. The minimum absolute atomic E-state index is 0.0642. The van der Waals surface area contributed by atoms with E-state index in [0.717, 1.165) is 0 Å². The average Bonchev–Trinajstić information content (AvgIpc) is 3.24. The second-order valence-electron chi connectivity index (χ2n) is 5.92. The summed E-state index contributed by atoms with van der Waals surface area (Å²) in [6.07, 6.45) is -1.02. The lowest BCUT2D eigenvalue weighted by Gasteiger charge is -2.18. The van der Waals surface area contributed by atoms with E-state index in [1.54, 1.807) is 25.1 Å². The minimum Gasteiger partial charge on any atom is -0.493 e. The standard InChI is InChI=1S/C18H16O8/c1-8-4-10-14(17(19)25-8)13(16(26-10)18(20)22-3)9-5-11(21-2)15-12(6-9)23-7-24-15/h4-6,13,16H,7H2,1-3H3/t13-,16+/m0/s1. The highest BCUT2D eigenvalue weighted by atomic mass is 16.7. The Morgan fingerprint density at radius 3 is 2.69 bits per heavy atom. The summed E-state index contributed by atoms with van der Waals surface area (Å²) in [6, 6.07) is 4.96. The topological polar surface area (TPSA) is 93.4 Å². The predicted octanol–water partition coefficient (Wildman–Crippen LogP) is 1.75. The van der Waals surface area contributed by atoms with Gasteiger partial charge in [0.1, 0.15) is 11.5 Å². The third-order valence-electron chi connectivity index (χ3n) is 4.41. The maximum Gasteiger partial charge on any atom is 0.348 e. The van der Waals surface area contributed by atoms with Crippen molar-refractivity contribution in [2.45, 2.75) is 18.9 Å². The van der Waals surface area contributed by atoms with Gasteiger partial charge >= 0.3 is 11.6 Å². The fraction of sp³-hybridized carbons (Fsp3) is 0.333. The molecule has 4 rings (SSSR count). The molecule has 0 bridgehead atoms. The Bertz CT molecular complexity index is 945. The largest absolute Gasteiger partial charge is 0.493 e. The second-order valence-corrected chi connectivity index (χ2v) is 5.92. The number of carbonyl (C=O) groups is 1. The summed E-state index contributed by atoms with van der Waals surface area (Å²) in [7, 11) is 2.76. The molecule has 0 fully saturated rings. The number of ether oxygens (including phenoxy) is 5. The molecule has 0 unspecified atom stereocenters. The SMILES string of the molecule is COC(=O)[C@@H]1Oc2cc(C)oc(=O)c2[C@@H]1c1cc(OC)c2c(c1)OCO2. The Labute approximate surface area is 148 Å². The number of hydrogen-bond donors (Lipinski definition) is 0. The van der Waals surface area contributed by atoms with Crippen molar-refractivity contribution >= 4 is 5.97 Å². The quantitative estimate of drug-likeness (QED) is 0.765. The smallest absolute Gasteiger partial charge is 0.348 e. The number of aryl methyl sites for hydroxylation is 1. The summed E-state index contributed by atoms with van der Waals surface area (Å²) in [6.45, 7) is 1.70. The molecule has 3 heterocycles. The Balaban J connectivity index is 1.91. The molecular weight excluding hydrogens is 344 g/mol. The van der Waals surface area contributed by atoms with Gasteiger partial charge in [0.15, 0.2) is 11.5 Å². The van der Waals surface area contributed by atoms with E-state index in [-0.39, 0.29) is 12.4 Å². The van der Waals surface area contributed by atoms with Crippen molar-refractivity contribution < 1.29 is 32.9 Å². The van der Waals surface area contributed by atoms with Crippen molar-refractivity contribution in [3.8, 4) is 23.0 Å². The van der Waals surface area contributed by atoms with Crippen LogP contribution in [0.2, 0.25) is 0 Å². The molecule has 0 aliphatic carbocycles. The van der Waals surface area contributed by atoms with E-state index in [9.17, 15) is 9.59 Å². The number of carbonyl (C=O) groups excluding carboxylic acids is 1. The monoisotopic (exact) mass is 360 g/mol. The van der Waals surface area contributed by atoms with Crippen LogP contribution in [0.15, 0.2) is 27.4 Å².